The summed E-state index contributed by atoms with van der Waals surface area (Å²) in [6.45, 7) is 2.53. The molecular formula is C15H15ClN4O. The predicted molar refractivity (Wildman–Crippen MR) is 81.0 cm³/mol. The van der Waals surface area contributed by atoms with Crippen LogP contribution in [-0.4, -0.2) is 15.7 Å². The Bertz CT molecular complexity index is 687. The van der Waals surface area contributed by atoms with Crippen molar-refractivity contribution in [2.45, 2.75) is 26.3 Å². The molecule has 6 heteroatoms. The predicted octanol–water partition coefficient (Wildman–Crippen LogP) is 3.14. The summed E-state index contributed by atoms with van der Waals surface area (Å²) in [7, 11) is 0. The molecule has 1 heterocycles. The number of benzene rings is 1. The van der Waals surface area contributed by atoms with Crippen LogP contribution in [0.15, 0.2) is 30.5 Å². The Labute approximate surface area is 128 Å². The number of aromatic nitrogens is 2. The maximum atomic E-state index is 11.8. The second kappa shape index (κ2) is 6.91. The van der Waals surface area contributed by atoms with E-state index in [1.807, 2.05) is 13.0 Å². The lowest BCUT2D eigenvalue weighted by Crippen LogP contribution is -2.13. The number of nitrogens with one attached hydrogen (secondary N) is 1. The molecule has 5 nitrogen and oxygen atoms in total. The summed E-state index contributed by atoms with van der Waals surface area (Å²) >= 11 is 5.92. The van der Waals surface area contributed by atoms with Gasteiger partial charge in [-0.05, 0) is 31.5 Å². The van der Waals surface area contributed by atoms with Gasteiger partial charge in [0.15, 0.2) is 0 Å². The Morgan fingerprint density at radius 2 is 2.33 bits per heavy atom. The van der Waals surface area contributed by atoms with Crippen molar-refractivity contribution in [3.63, 3.8) is 0 Å². The zero-order valence-electron chi connectivity index (χ0n) is 11.6. The molecule has 0 aliphatic rings. The molecule has 1 N–H and O–H groups in total. The van der Waals surface area contributed by atoms with E-state index in [4.69, 9.17) is 16.9 Å². The molecule has 1 aromatic heterocycles. The molecule has 21 heavy (non-hydrogen) atoms. The molecule has 0 aliphatic heterocycles. The van der Waals surface area contributed by atoms with Crippen LogP contribution < -0.4 is 5.32 Å². The van der Waals surface area contributed by atoms with Crippen molar-refractivity contribution < 1.29 is 4.79 Å². The van der Waals surface area contributed by atoms with Gasteiger partial charge in [0.2, 0.25) is 5.91 Å². The van der Waals surface area contributed by atoms with Crippen LogP contribution in [0.2, 0.25) is 5.02 Å². The van der Waals surface area contributed by atoms with Crippen molar-refractivity contribution in [3.8, 4) is 6.07 Å². The highest BCUT2D eigenvalue weighted by molar-refractivity contribution is 6.31. The summed E-state index contributed by atoms with van der Waals surface area (Å²) in [5.74, 6) is -0.0824. The SMILES string of the molecule is Cc1c(Cl)cnn1CCCC(=O)Nc1cccc(C#N)c1. The van der Waals surface area contributed by atoms with Gasteiger partial charge in [0.05, 0.1) is 28.5 Å². The largest absolute Gasteiger partial charge is 0.326 e. The number of rotatable bonds is 5. The van der Waals surface area contributed by atoms with Gasteiger partial charge in [-0.15, -0.1) is 0 Å². The van der Waals surface area contributed by atoms with Gasteiger partial charge in [0, 0.05) is 18.7 Å². The van der Waals surface area contributed by atoms with Crippen LogP contribution in [-0.2, 0) is 11.3 Å². The number of amides is 1. The Morgan fingerprint density at radius 1 is 1.52 bits per heavy atom. The number of anilines is 1. The molecule has 1 aromatic carbocycles. The molecule has 0 saturated heterocycles. The fourth-order valence-corrected chi connectivity index (χ4v) is 2.07. The van der Waals surface area contributed by atoms with Crippen molar-refractivity contribution in [2.24, 2.45) is 0 Å². The lowest BCUT2D eigenvalue weighted by atomic mass is 10.2. The van der Waals surface area contributed by atoms with E-state index in [9.17, 15) is 4.79 Å². The molecule has 1 amide bonds. The van der Waals surface area contributed by atoms with E-state index in [0.29, 0.717) is 35.7 Å². The summed E-state index contributed by atoms with van der Waals surface area (Å²) in [5.41, 5.74) is 2.06. The summed E-state index contributed by atoms with van der Waals surface area (Å²) in [4.78, 5) is 11.8. The molecule has 0 bridgehead atoms. The van der Waals surface area contributed by atoms with Crippen LogP contribution in [0.4, 0.5) is 5.69 Å². The fraction of sp³-hybridized carbons (Fsp3) is 0.267. The van der Waals surface area contributed by atoms with Crippen molar-refractivity contribution in [1.29, 1.82) is 5.26 Å². The number of hydrogen-bond acceptors (Lipinski definition) is 3. The van der Waals surface area contributed by atoms with E-state index in [0.717, 1.165) is 5.69 Å². The Morgan fingerprint density at radius 3 is 3.00 bits per heavy atom. The van der Waals surface area contributed by atoms with E-state index >= 15 is 0 Å². The van der Waals surface area contributed by atoms with E-state index < -0.39 is 0 Å². The number of carbonyl (C=O) groups excluding carboxylic acids is 1. The average molecular weight is 303 g/mol. The maximum absolute atomic E-state index is 11.8. The molecule has 108 valence electrons. The Kier molecular flexibility index (Phi) is 4.96. The third kappa shape index (κ3) is 4.07. The quantitative estimate of drug-likeness (QED) is 0.922. The molecule has 0 aliphatic carbocycles. The van der Waals surface area contributed by atoms with Gasteiger partial charge in [-0.25, -0.2) is 0 Å². The normalized spacial score (nSPS) is 10.1. The van der Waals surface area contributed by atoms with Crippen LogP contribution in [0.25, 0.3) is 0 Å². The zero-order chi connectivity index (χ0) is 15.2. The highest BCUT2D eigenvalue weighted by Crippen LogP contribution is 2.14. The smallest absolute Gasteiger partial charge is 0.224 e. The number of halogens is 1. The van der Waals surface area contributed by atoms with Crippen molar-refractivity contribution in [2.75, 3.05) is 5.32 Å². The van der Waals surface area contributed by atoms with Gasteiger partial charge >= 0.3 is 0 Å². The molecule has 0 spiro atoms. The minimum absolute atomic E-state index is 0.0824. The maximum Gasteiger partial charge on any atom is 0.224 e. The van der Waals surface area contributed by atoms with Gasteiger partial charge in [-0.2, -0.15) is 10.4 Å². The number of hydrogen-bond donors (Lipinski definition) is 1. The zero-order valence-corrected chi connectivity index (χ0v) is 12.4. The van der Waals surface area contributed by atoms with Crippen LogP contribution in [0, 0.1) is 18.3 Å². The van der Waals surface area contributed by atoms with Gasteiger partial charge in [0.1, 0.15) is 0 Å². The number of nitriles is 1. The lowest BCUT2D eigenvalue weighted by molar-refractivity contribution is -0.116. The lowest BCUT2D eigenvalue weighted by Gasteiger charge is -2.06. The van der Waals surface area contributed by atoms with E-state index in [2.05, 4.69) is 10.4 Å². The van der Waals surface area contributed by atoms with Crippen LogP contribution in [0.1, 0.15) is 24.1 Å². The number of carbonyl (C=O) groups is 1. The fourth-order valence-electron chi connectivity index (χ4n) is 1.93. The Hall–Kier alpha value is -2.32. The standard InChI is InChI=1S/C15H15ClN4O/c1-11-14(16)10-18-20(11)7-3-6-15(21)19-13-5-2-4-12(8-13)9-17/h2,4-5,8,10H,3,6-7H2,1H3,(H,19,21). The number of aryl methyl sites for hydroxylation is 1. The first-order valence-electron chi connectivity index (χ1n) is 6.58. The minimum atomic E-state index is -0.0824. The minimum Gasteiger partial charge on any atom is -0.326 e. The second-order valence-electron chi connectivity index (χ2n) is 4.65. The number of nitrogens with zero attached hydrogens (tertiary/aromatic N) is 3. The third-order valence-corrected chi connectivity index (χ3v) is 3.46. The molecule has 0 saturated carbocycles. The van der Waals surface area contributed by atoms with Gasteiger partial charge < -0.3 is 5.32 Å². The van der Waals surface area contributed by atoms with E-state index in [1.54, 1.807) is 35.1 Å². The highest BCUT2D eigenvalue weighted by Gasteiger charge is 2.06. The molecule has 0 atom stereocenters. The first kappa shape index (κ1) is 15.1. The first-order chi connectivity index (χ1) is 10.1. The van der Waals surface area contributed by atoms with Crippen molar-refractivity contribution in [3.05, 3.63) is 46.7 Å². The second-order valence-corrected chi connectivity index (χ2v) is 5.05. The molecule has 0 radical (unpaired) electrons. The average Bonchev–Trinajstić information content (AvgIpc) is 2.79. The third-order valence-electron chi connectivity index (χ3n) is 3.09. The molecule has 0 fully saturated rings. The van der Waals surface area contributed by atoms with Gasteiger partial charge in [-0.1, -0.05) is 17.7 Å². The van der Waals surface area contributed by atoms with E-state index in [1.165, 1.54) is 0 Å². The summed E-state index contributed by atoms with van der Waals surface area (Å²) in [6, 6.07) is 8.88. The monoisotopic (exact) mass is 302 g/mol. The molecular weight excluding hydrogens is 288 g/mol. The first-order valence-corrected chi connectivity index (χ1v) is 6.96. The van der Waals surface area contributed by atoms with Crippen LogP contribution in [0.3, 0.4) is 0 Å². The summed E-state index contributed by atoms with van der Waals surface area (Å²) in [5, 5.41) is 16.4. The summed E-state index contributed by atoms with van der Waals surface area (Å²) in [6.07, 6.45) is 2.65. The van der Waals surface area contributed by atoms with Gasteiger partial charge in [0.25, 0.3) is 0 Å². The van der Waals surface area contributed by atoms with E-state index in [-0.39, 0.29) is 5.91 Å². The van der Waals surface area contributed by atoms with Gasteiger partial charge in [-0.3, -0.25) is 9.48 Å². The Balaban J connectivity index is 1.82. The topological polar surface area (TPSA) is 70.7 Å². The summed E-state index contributed by atoms with van der Waals surface area (Å²) < 4.78 is 1.78. The molecule has 0 unspecified atom stereocenters. The molecule has 2 rings (SSSR count). The van der Waals surface area contributed by atoms with Crippen LogP contribution in [0.5, 0.6) is 0 Å². The molecule has 2 aromatic rings. The van der Waals surface area contributed by atoms with Crippen LogP contribution >= 0.6 is 11.6 Å². The van der Waals surface area contributed by atoms with Crippen molar-refractivity contribution >= 4 is 23.2 Å². The highest BCUT2D eigenvalue weighted by atomic mass is 35.5. The van der Waals surface area contributed by atoms with Crippen molar-refractivity contribution in [1.82, 2.24) is 9.78 Å².